The van der Waals surface area contributed by atoms with E-state index in [2.05, 4.69) is 0 Å². The SMILES string of the molecule is CC1C(=O)NC(=O)CN1S(=O)(=O)c1ccc(F)c(Cl)c1. The summed E-state index contributed by atoms with van der Waals surface area (Å²) < 4.78 is 38.5. The fraction of sp³-hybridized carbons (Fsp3) is 0.273. The summed E-state index contributed by atoms with van der Waals surface area (Å²) in [4.78, 5) is 22.5. The minimum absolute atomic E-state index is 0.279. The lowest BCUT2D eigenvalue weighted by Crippen LogP contribution is -2.58. The first kappa shape index (κ1) is 14.9. The second-order valence-electron chi connectivity index (χ2n) is 4.21. The second kappa shape index (κ2) is 5.12. The minimum atomic E-state index is -4.12. The Bertz CT molecular complexity index is 692. The molecule has 1 aromatic carbocycles. The molecular formula is C11H10ClFN2O4S. The van der Waals surface area contributed by atoms with Gasteiger partial charge in [0.1, 0.15) is 11.9 Å². The molecule has 2 amide bonds. The average Bonchev–Trinajstić information content (AvgIpc) is 2.36. The van der Waals surface area contributed by atoms with Crippen molar-refractivity contribution in [2.45, 2.75) is 17.9 Å². The summed E-state index contributed by atoms with van der Waals surface area (Å²) >= 11 is 5.55. The molecule has 1 saturated heterocycles. The topological polar surface area (TPSA) is 83.6 Å². The molecule has 1 atom stereocenters. The molecule has 1 heterocycles. The molecule has 0 radical (unpaired) electrons. The zero-order valence-electron chi connectivity index (χ0n) is 10.3. The Labute approximate surface area is 119 Å². The van der Waals surface area contributed by atoms with E-state index in [1.807, 2.05) is 5.32 Å². The summed E-state index contributed by atoms with van der Waals surface area (Å²) in [5, 5.41) is 1.68. The number of hydrogen-bond donors (Lipinski definition) is 1. The Morgan fingerprint density at radius 3 is 2.65 bits per heavy atom. The van der Waals surface area contributed by atoms with Gasteiger partial charge >= 0.3 is 0 Å². The molecule has 1 unspecified atom stereocenters. The van der Waals surface area contributed by atoms with Gasteiger partial charge in [0, 0.05) is 0 Å². The molecule has 6 nitrogen and oxygen atoms in total. The first-order chi connectivity index (χ1) is 9.23. The number of piperazine rings is 1. The van der Waals surface area contributed by atoms with Crippen molar-refractivity contribution in [2.75, 3.05) is 6.54 Å². The van der Waals surface area contributed by atoms with E-state index in [-0.39, 0.29) is 9.92 Å². The maximum absolute atomic E-state index is 13.1. The van der Waals surface area contributed by atoms with Crippen LogP contribution in [-0.4, -0.2) is 37.1 Å². The number of hydrogen-bond acceptors (Lipinski definition) is 4. The zero-order chi connectivity index (χ0) is 15.1. The Kier molecular flexibility index (Phi) is 3.81. The van der Waals surface area contributed by atoms with Gasteiger partial charge in [0.05, 0.1) is 16.5 Å². The number of halogens is 2. The molecule has 1 aliphatic heterocycles. The van der Waals surface area contributed by atoms with Gasteiger partial charge in [0.2, 0.25) is 21.8 Å². The third-order valence-electron chi connectivity index (χ3n) is 2.87. The van der Waals surface area contributed by atoms with Crippen molar-refractivity contribution in [3.63, 3.8) is 0 Å². The maximum Gasteiger partial charge on any atom is 0.244 e. The summed E-state index contributed by atoms with van der Waals surface area (Å²) in [6.45, 7) is 0.870. The van der Waals surface area contributed by atoms with Gasteiger partial charge in [-0.1, -0.05) is 11.6 Å². The van der Waals surface area contributed by atoms with Crippen LogP contribution in [0.5, 0.6) is 0 Å². The van der Waals surface area contributed by atoms with E-state index in [0.29, 0.717) is 0 Å². The molecular weight excluding hydrogens is 311 g/mol. The van der Waals surface area contributed by atoms with Crippen molar-refractivity contribution in [1.29, 1.82) is 0 Å². The number of sulfonamides is 1. The monoisotopic (exact) mass is 320 g/mol. The van der Waals surface area contributed by atoms with E-state index < -0.39 is 40.2 Å². The third kappa shape index (κ3) is 2.54. The fourth-order valence-electron chi connectivity index (χ4n) is 1.76. The van der Waals surface area contributed by atoms with Crippen LogP contribution in [0.4, 0.5) is 4.39 Å². The van der Waals surface area contributed by atoms with Crippen molar-refractivity contribution < 1.29 is 22.4 Å². The molecule has 1 aromatic rings. The molecule has 108 valence electrons. The molecule has 1 fully saturated rings. The van der Waals surface area contributed by atoms with Crippen LogP contribution in [0.1, 0.15) is 6.92 Å². The maximum atomic E-state index is 13.1. The van der Waals surface area contributed by atoms with Crippen molar-refractivity contribution in [3.8, 4) is 0 Å². The van der Waals surface area contributed by atoms with Crippen LogP contribution in [0.3, 0.4) is 0 Å². The number of carbonyl (C=O) groups is 2. The van der Waals surface area contributed by atoms with Crippen LogP contribution >= 0.6 is 11.6 Å². The van der Waals surface area contributed by atoms with Crippen LogP contribution in [0.15, 0.2) is 23.1 Å². The van der Waals surface area contributed by atoms with Gasteiger partial charge in [0.15, 0.2) is 0 Å². The first-order valence-corrected chi connectivity index (χ1v) is 7.36. The van der Waals surface area contributed by atoms with Crippen LogP contribution in [0.2, 0.25) is 5.02 Å². The predicted molar refractivity (Wildman–Crippen MR) is 67.9 cm³/mol. The predicted octanol–water partition coefficient (Wildman–Crippen LogP) is 0.515. The highest BCUT2D eigenvalue weighted by molar-refractivity contribution is 7.89. The number of nitrogens with one attached hydrogen (secondary N) is 1. The number of amides is 2. The van der Waals surface area contributed by atoms with E-state index in [4.69, 9.17) is 11.6 Å². The molecule has 0 bridgehead atoms. The van der Waals surface area contributed by atoms with E-state index in [0.717, 1.165) is 22.5 Å². The number of nitrogens with zero attached hydrogens (tertiary/aromatic N) is 1. The van der Waals surface area contributed by atoms with Crippen LogP contribution in [-0.2, 0) is 19.6 Å². The summed E-state index contributed by atoms with van der Waals surface area (Å²) in [6, 6.07) is 1.84. The fourth-order valence-corrected chi connectivity index (χ4v) is 3.58. The van der Waals surface area contributed by atoms with Gasteiger partial charge in [-0.25, -0.2) is 12.8 Å². The molecule has 0 aromatic heterocycles. The third-order valence-corrected chi connectivity index (χ3v) is 5.07. The molecule has 0 saturated carbocycles. The van der Waals surface area contributed by atoms with Crippen LogP contribution in [0, 0.1) is 5.82 Å². The van der Waals surface area contributed by atoms with Gasteiger partial charge < -0.3 is 0 Å². The molecule has 1 N–H and O–H groups in total. The molecule has 2 rings (SSSR count). The minimum Gasteiger partial charge on any atom is -0.294 e. The van der Waals surface area contributed by atoms with Gasteiger partial charge in [-0.05, 0) is 25.1 Å². The van der Waals surface area contributed by atoms with Crippen molar-refractivity contribution in [3.05, 3.63) is 29.0 Å². The highest BCUT2D eigenvalue weighted by atomic mass is 35.5. The summed E-state index contributed by atoms with van der Waals surface area (Å²) in [5.41, 5.74) is 0. The largest absolute Gasteiger partial charge is 0.294 e. The second-order valence-corrected chi connectivity index (χ2v) is 6.51. The Morgan fingerprint density at radius 1 is 1.40 bits per heavy atom. The molecule has 0 aliphatic carbocycles. The quantitative estimate of drug-likeness (QED) is 0.805. The Hall–Kier alpha value is -1.51. The number of imide groups is 1. The van der Waals surface area contributed by atoms with Crippen LogP contribution in [0.25, 0.3) is 0 Å². The summed E-state index contributed by atoms with van der Waals surface area (Å²) in [7, 11) is -4.12. The molecule has 9 heteroatoms. The lowest BCUT2D eigenvalue weighted by Gasteiger charge is -2.30. The number of rotatable bonds is 2. The van der Waals surface area contributed by atoms with E-state index in [1.54, 1.807) is 0 Å². The van der Waals surface area contributed by atoms with Crippen LogP contribution < -0.4 is 5.32 Å². The average molecular weight is 321 g/mol. The number of benzene rings is 1. The Morgan fingerprint density at radius 2 is 2.05 bits per heavy atom. The molecule has 1 aliphatic rings. The van der Waals surface area contributed by atoms with Crippen molar-refractivity contribution >= 4 is 33.4 Å². The van der Waals surface area contributed by atoms with E-state index in [1.165, 1.54) is 6.92 Å². The molecule has 0 spiro atoms. The highest BCUT2D eigenvalue weighted by Gasteiger charge is 2.39. The zero-order valence-corrected chi connectivity index (χ0v) is 11.8. The molecule has 20 heavy (non-hydrogen) atoms. The number of carbonyl (C=O) groups excluding carboxylic acids is 2. The van der Waals surface area contributed by atoms with Gasteiger partial charge in [-0.3, -0.25) is 14.9 Å². The van der Waals surface area contributed by atoms with E-state index in [9.17, 15) is 22.4 Å². The van der Waals surface area contributed by atoms with E-state index >= 15 is 0 Å². The van der Waals surface area contributed by atoms with Crippen molar-refractivity contribution in [2.24, 2.45) is 0 Å². The summed E-state index contributed by atoms with van der Waals surface area (Å²) in [5.74, 6) is -2.19. The van der Waals surface area contributed by atoms with Gasteiger partial charge in [-0.2, -0.15) is 4.31 Å². The smallest absolute Gasteiger partial charge is 0.244 e. The lowest BCUT2D eigenvalue weighted by atomic mass is 10.2. The first-order valence-electron chi connectivity index (χ1n) is 5.54. The normalized spacial score (nSPS) is 20.9. The van der Waals surface area contributed by atoms with Gasteiger partial charge in [-0.15, -0.1) is 0 Å². The van der Waals surface area contributed by atoms with Crippen molar-refractivity contribution in [1.82, 2.24) is 9.62 Å². The standard InChI is InChI=1S/C11H10ClFN2O4S/c1-6-11(17)14-10(16)5-15(6)20(18,19)7-2-3-9(13)8(12)4-7/h2-4,6H,5H2,1H3,(H,14,16,17). The highest BCUT2D eigenvalue weighted by Crippen LogP contribution is 2.24. The van der Waals surface area contributed by atoms with Gasteiger partial charge in [0.25, 0.3) is 0 Å². The lowest BCUT2D eigenvalue weighted by molar-refractivity contribution is -0.136. The Balaban J connectivity index is 2.45. The summed E-state index contributed by atoms with van der Waals surface area (Å²) in [6.07, 6.45) is 0.